The highest BCUT2D eigenvalue weighted by molar-refractivity contribution is 5.91. The Morgan fingerprint density at radius 3 is 2.90 bits per heavy atom. The maximum absolute atomic E-state index is 12.6. The number of rotatable bonds is 3. The molecule has 1 fully saturated rings. The summed E-state index contributed by atoms with van der Waals surface area (Å²) in [5.74, 6) is 0.344. The molecule has 0 saturated carbocycles. The zero-order chi connectivity index (χ0) is 15.4. The van der Waals surface area contributed by atoms with Crippen LogP contribution >= 0.6 is 0 Å². The van der Waals surface area contributed by atoms with Crippen molar-refractivity contribution in [1.29, 1.82) is 0 Å². The topological polar surface area (TPSA) is 52.6 Å². The van der Waals surface area contributed by atoms with E-state index in [0.717, 1.165) is 42.6 Å². The number of benzene rings is 1. The highest BCUT2D eigenvalue weighted by Gasteiger charge is 2.31. The number of aliphatic hydroxyl groups is 1. The molecule has 2 unspecified atom stereocenters. The maximum atomic E-state index is 12.6. The van der Waals surface area contributed by atoms with Crippen molar-refractivity contribution >= 4 is 11.7 Å². The third-order valence-corrected chi connectivity index (χ3v) is 4.54. The molecule has 1 aliphatic heterocycles. The average Bonchev–Trinajstić information content (AvgIpc) is 2.48. The van der Waals surface area contributed by atoms with E-state index in [1.54, 1.807) is 4.90 Å². The van der Waals surface area contributed by atoms with Gasteiger partial charge in [0.05, 0.1) is 12.6 Å². The summed E-state index contributed by atoms with van der Waals surface area (Å²) in [5, 5.41) is 12.6. The Hall–Kier alpha value is -1.55. The summed E-state index contributed by atoms with van der Waals surface area (Å²) in [4.78, 5) is 14.4. The predicted molar refractivity (Wildman–Crippen MR) is 85.6 cm³/mol. The molecule has 1 heterocycles. The summed E-state index contributed by atoms with van der Waals surface area (Å²) in [6, 6.07) is 5.91. The van der Waals surface area contributed by atoms with Crippen molar-refractivity contribution in [2.75, 3.05) is 18.5 Å². The number of para-hydroxylation sites is 1. The van der Waals surface area contributed by atoms with Gasteiger partial charge in [0.25, 0.3) is 0 Å². The first kappa shape index (κ1) is 15.8. The lowest BCUT2D eigenvalue weighted by molar-refractivity contribution is 0.0811. The molecule has 1 aliphatic rings. The summed E-state index contributed by atoms with van der Waals surface area (Å²) in [7, 11) is 0. The number of anilines is 1. The first-order chi connectivity index (χ1) is 10.1. The second kappa shape index (κ2) is 6.94. The molecule has 2 N–H and O–H groups in total. The molecule has 116 valence electrons. The number of likely N-dealkylation sites (tertiary alicyclic amines) is 1. The molecule has 0 spiro atoms. The van der Waals surface area contributed by atoms with Gasteiger partial charge in [-0.2, -0.15) is 0 Å². The second-order valence-corrected chi connectivity index (χ2v) is 5.96. The van der Waals surface area contributed by atoms with Gasteiger partial charge in [-0.25, -0.2) is 4.79 Å². The quantitative estimate of drug-likeness (QED) is 0.898. The Morgan fingerprint density at radius 2 is 2.24 bits per heavy atom. The lowest BCUT2D eigenvalue weighted by atomic mass is 9.91. The van der Waals surface area contributed by atoms with Gasteiger partial charge in [-0.1, -0.05) is 32.0 Å². The number of carbonyl (C=O) groups excluding carboxylic acids is 1. The van der Waals surface area contributed by atoms with Gasteiger partial charge in [-0.15, -0.1) is 0 Å². The Balaban J connectivity index is 2.17. The van der Waals surface area contributed by atoms with Gasteiger partial charge in [0.1, 0.15) is 0 Å². The number of amides is 2. The first-order valence-electron chi connectivity index (χ1n) is 7.85. The van der Waals surface area contributed by atoms with E-state index < -0.39 is 0 Å². The van der Waals surface area contributed by atoms with Crippen molar-refractivity contribution in [2.24, 2.45) is 5.92 Å². The molecule has 2 amide bonds. The van der Waals surface area contributed by atoms with Crippen LogP contribution in [0.4, 0.5) is 10.5 Å². The minimum absolute atomic E-state index is 0.0307. The van der Waals surface area contributed by atoms with Crippen LogP contribution in [0, 0.1) is 12.8 Å². The van der Waals surface area contributed by atoms with Crippen molar-refractivity contribution in [2.45, 2.75) is 46.1 Å². The summed E-state index contributed by atoms with van der Waals surface area (Å²) in [6.45, 7) is 6.95. The number of nitrogens with zero attached hydrogens (tertiary/aromatic N) is 1. The van der Waals surface area contributed by atoms with E-state index in [4.69, 9.17) is 0 Å². The predicted octanol–water partition coefficient (Wildman–Crippen LogP) is 3.18. The molecule has 2 rings (SSSR count). The number of nitrogens with one attached hydrogen (secondary N) is 1. The molecule has 21 heavy (non-hydrogen) atoms. The van der Waals surface area contributed by atoms with Crippen LogP contribution in [0.25, 0.3) is 0 Å². The van der Waals surface area contributed by atoms with E-state index in [1.807, 2.05) is 25.1 Å². The van der Waals surface area contributed by atoms with Crippen LogP contribution in [0.5, 0.6) is 0 Å². The molecular formula is C17H26N2O2. The smallest absolute Gasteiger partial charge is 0.322 e. The Kier molecular flexibility index (Phi) is 5.23. The first-order valence-corrected chi connectivity index (χ1v) is 7.85. The zero-order valence-electron chi connectivity index (χ0n) is 13.2. The van der Waals surface area contributed by atoms with E-state index in [9.17, 15) is 9.90 Å². The molecule has 2 atom stereocenters. The third kappa shape index (κ3) is 3.38. The molecular weight excluding hydrogens is 264 g/mol. The summed E-state index contributed by atoms with van der Waals surface area (Å²) in [5.41, 5.74) is 3.14. The monoisotopic (exact) mass is 290 g/mol. The van der Waals surface area contributed by atoms with Gasteiger partial charge < -0.3 is 15.3 Å². The van der Waals surface area contributed by atoms with Crippen molar-refractivity contribution in [3.05, 3.63) is 29.3 Å². The van der Waals surface area contributed by atoms with Gasteiger partial charge >= 0.3 is 6.03 Å². The molecule has 0 aromatic heterocycles. The van der Waals surface area contributed by atoms with Crippen LogP contribution < -0.4 is 5.32 Å². The van der Waals surface area contributed by atoms with E-state index in [1.165, 1.54) is 0 Å². The lowest BCUT2D eigenvalue weighted by Crippen LogP contribution is -2.51. The van der Waals surface area contributed by atoms with Gasteiger partial charge in [0.15, 0.2) is 0 Å². The van der Waals surface area contributed by atoms with Crippen LogP contribution in [0.1, 0.15) is 37.8 Å². The fraction of sp³-hybridized carbons (Fsp3) is 0.588. The number of urea groups is 1. The van der Waals surface area contributed by atoms with Crippen molar-refractivity contribution < 1.29 is 9.90 Å². The Morgan fingerprint density at radius 1 is 1.48 bits per heavy atom. The summed E-state index contributed by atoms with van der Waals surface area (Å²) in [6.07, 6.45) is 2.95. The second-order valence-electron chi connectivity index (χ2n) is 5.96. The van der Waals surface area contributed by atoms with Gasteiger partial charge in [0, 0.05) is 12.2 Å². The molecule has 1 aromatic carbocycles. The highest BCUT2D eigenvalue weighted by Crippen LogP contribution is 2.26. The molecule has 4 heteroatoms. The van der Waals surface area contributed by atoms with Crippen LogP contribution in [0.15, 0.2) is 18.2 Å². The average molecular weight is 290 g/mol. The minimum Gasteiger partial charge on any atom is -0.394 e. The number of hydrogen-bond donors (Lipinski definition) is 2. The molecule has 0 bridgehead atoms. The number of aliphatic hydroxyl groups excluding tert-OH is 1. The summed E-state index contributed by atoms with van der Waals surface area (Å²) < 4.78 is 0. The zero-order valence-corrected chi connectivity index (χ0v) is 13.2. The SMILES string of the molecule is CCc1cccc(C)c1NC(=O)N1CCCC(C)C1CO. The van der Waals surface area contributed by atoms with Crippen LogP contribution in [0.2, 0.25) is 0 Å². The van der Waals surface area contributed by atoms with Gasteiger partial charge in [-0.05, 0) is 43.2 Å². The standard InChI is InChI=1S/C17H26N2O2/c1-4-14-9-5-7-13(3)16(14)18-17(21)19-10-6-8-12(2)15(19)11-20/h5,7,9,12,15,20H,4,6,8,10-11H2,1-3H3,(H,18,21). The number of hydrogen-bond acceptors (Lipinski definition) is 2. The van der Waals surface area contributed by atoms with Crippen molar-refractivity contribution in [3.8, 4) is 0 Å². The lowest BCUT2D eigenvalue weighted by Gasteiger charge is -2.39. The molecule has 1 aromatic rings. The van der Waals surface area contributed by atoms with Gasteiger partial charge in [0.2, 0.25) is 0 Å². The summed E-state index contributed by atoms with van der Waals surface area (Å²) >= 11 is 0. The molecule has 1 saturated heterocycles. The maximum Gasteiger partial charge on any atom is 0.322 e. The van der Waals surface area contributed by atoms with Crippen LogP contribution in [0.3, 0.4) is 0 Å². The van der Waals surface area contributed by atoms with E-state index in [-0.39, 0.29) is 18.7 Å². The molecule has 4 nitrogen and oxygen atoms in total. The largest absolute Gasteiger partial charge is 0.394 e. The fourth-order valence-electron chi connectivity index (χ4n) is 3.16. The molecule has 0 radical (unpaired) electrons. The highest BCUT2D eigenvalue weighted by atomic mass is 16.3. The fourth-order valence-corrected chi connectivity index (χ4v) is 3.16. The Bertz CT molecular complexity index is 502. The van der Waals surface area contributed by atoms with Crippen LogP contribution in [-0.4, -0.2) is 35.2 Å². The van der Waals surface area contributed by atoms with E-state index in [0.29, 0.717) is 5.92 Å². The number of piperidine rings is 1. The number of carbonyl (C=O) groups is 1. The van der Waals surface area contributed by atoms with Crippen molar-refractivity contribution in [1.82, 2.24) is 4.90 Å². The normalized spacial score (nSPS) is 22.2. The molecule has 0 aliphatic carbocycles. The van der Waals surface area contributed by atoms with Crippen LogP contribution in [-0.2, 0) is 6.42 Å². The van der Waals surface area contributed by atoms with E-state index in [2.05, 4.69) is 19.2 Å². The Labute approximate surface area is 127 Å². The minimum atomic E-state index is -0.0930. The van der Waals surface area contributed by atoms with Crippen molar-refractivity contribution in [3.63, 3.8) is 0 Å². The number of aryl methyl sites for hydroxylation is 2. The van der Waals surface area contributed by atoms with Gasteiger partial charge in [-0.3, -0.25) is 0 Å². The van der Waals surface area contributed by atoms with E-state index >= 15 is 0 Å². The third-order valence-electron chi connectivity index (χ3n) is 4.54.